The van der Waals surface area contributed by atoms with E-state index in [0.29, 0.717) is 26.3 Å². The van der Waals surface area contributed by atoms with Gasteiger partial charge in [0.1, 0.15) is 6.61 Å². The van der Waals surface area contributed by atoms with E-state index in [-0.39, 0.29) is 13.2 Å². The molecule has 2 N–H and O–H groups in total. The number of aliphatic hydroxyl groups is 1. The summed E-state index contributed by atoms with van der Waals surface area (Å²) < 4.78 is 32.7. The Hall–Kier alpha value is -0.300. The molecule has 0 aliphatic carbocycles. The van der Waals surface area contributed by atoms with Gasteiger partial charge in [0.2, 0.25) is 0 Å². The van der Waals surface area contributed by atoms with Crippen LogP contribution in [-0.4, -0.2) is 57.7 Å². The summed E-state index contributed by atoms with van der Waals surface area (Å²) in [4.78, 5) is 0. The molecule has 0 saturated carbocycles. The van der Waals surface area contributed by atoms with E-state index in [2.05, 4.69) is 10.1 Å². The molecule has 0 radical (unpaired) electrons. The molecule has 14 heavy (non-hydrogen) atoms. The number of halogens is 2. The highest BCUT2D eigenvalue weighted by Gasteiger charge is 2.00. The van der Waals surface area contributed by atoms with Crippen LogP contribution in [0.3, 0.4) is 0 Å². The van der Waals surface area contributed by atoms with Gasteiger partial charge in [-0.1, -0.05) is 0 Å². The van der Waals surface area contributed by atoms with E-state index in [1.165, 1.54) is 0 Å². The van der Waals surface area contributed by atoms with Crippen LogP contribution in [0.2, 0.25) is 0 Å². The first-order valence-electron chi connectivity index (χ1n) is 4.52. The maximum Gasteiger partial charge on any atom is 0.261 e. The minimum atomic E-state index is -2.40. The first kappa shape index (κ1) is 13.7. The van der Waals surface area contributed by atoms with Gasteiger partial charge in [-0.3, -0.25) is 0 Å². The zero-order valence-electron chi connectivity index (χ0n) is 8.05. The average molecular weight is 213 g/mol. The van der Waals surface area contributed by atoms with Crippen LogP contribution >= 0.6 is 0 Å². The number of rotatable bonds is 10. The highest BCUT2D eigenvalue weighted by atomic mass is 19.3. The molecule has 0 aliphatic heterocycles. The van der Waals surface area contributed by atoms with Gasteiger partial charge in [0, 0.05) is 13.1 Å². The van der Waals surface area contributed by atoms with Crippen molar-refractivity contribution in [2.45, 2.75) is 6.43 Å². The molecule has 0 heterocycles. The second kappa shape index (κ2) is 10.8. The van der Waals surface area contributed by atoms with Gasteiger partial charge in [-0.2, -0.15) is 0 Å². The van der Waals surface area contributed by atoms with Gasteiger partial charge in [0.05, 0.1) is 26.4 Å². The summed E-state index contributed by atoms with van der Waals surface area (Å²) in [6, 6.07) is 0. The van der Waals surface area contributed by atoms with Crippen molar-refractivity contribution in [1.29, 1.82) is 0 Å². The summed E-state index contributed by atoms with van der Waals surface area (Å²) in [6.07, 6.45) is -2.40. The molecule has 0 atom stereocenters. The Bertz CT molecular complexity index is 117. The summed E-state index contributed by atoms with van der Waals surface area (Å²) in [6.45, 7) is 1.73. The van der Waals surface area contributed by atoms with Gasteiger partial charge in [-0.25, -0.2) is 8.78 Å². The second-order valence-electron chi connectivity index (χ2n) is 2.55. The lowest BCUT2D eigenvalue weighted by Gasteiger charge is -2.05. The zero-order valence-corrected chi connectivity index (χ0v) is 8.05. The molecule has 4 nitrogen and oxygen atoms in total. The van der Waals surface area contributed by atoms with Crippen molar-refractivity contribution in [2.75, 3.05) is 46.1 Å². The lowest BCUT2D eigenvalue weighted by Crippen LogP contribution is -2.25. The fraction of sp³-hybridized carbons (Fsp3) is 1.00. The Balaban J connectivity index is 2.85. The fourth-order valence-corrected chi connectivity index (χ4v) is 0.753. The minimum absolute atomic E-state index is 0.0114. The fourth-order valence-electron chi connectivity index (χ4n) is 0.753. The molecular weight excluding hydrogens is 196 g/mol. The molecule has 0 aliphatic rings. The van der Waals surface area contributed by atoms with Gasteiger partial charge in [-0.15, -0.1) is 0 Å². The molecule has 0 aromatic carbocycles. The highest BCUT2D eigenvalue weighted by Crippen LogP contribution is 1.90. The van der Waals surface area contributed by atoms with E-state index in [1.807, 2.05) is 0 Å². The number of hydrogen-bond acceptors (Lipinski definition) is 4. The lowest BCUT2D eigenvalue weighted by atomic mass is 10.6. The molecule has 0 aromatic heterocycles. The predicted octanol–water partition coefficient (Wildman–Crippen LogP) is -0.133. The summed E-state index contributed by atoms with van der Waals surface area (Å²) in [5.74, 6) is 0. The normalized spacial score (nSPS) is 11.1. The number of nitrogens with one attached hydrogen (secondary N) is 1. The molecule has 0 spiro atoms. The molecular formula is C8H17F2NO3. The number of aliphatic hydroxyl groups excluding tert-OH is 1. The SMILES string of the molecule is OCCOCCNCCOCC(F)F. The van der Waals surface area contributed by atoms with E-state index in [0.717, 1.165) is 0 Å². The first-order valence-corrected chi connectivity index (χ1v) is 4.52. The molecule has 6 heteroatoms. The molecule has 0 rings (SSSR count). The topological polar surface area (TPSA) is 50.7 Å². The average Bonchev–Trinajstić information content (AvgIpc) is 2.15. The van der Waals surface area contributed by atoms with Crippen molar-refractivity contribution in [3.63, 3.8) is 0 Å². The Morgan fingerprint density at radius 2 is 1.71 bits per heavy atom. The Kier molecular flexibility index (Phi) is 10.5. The van der Waals surface area contributed by atoms with Crippen molar-refractivity contribution in [3.05, 3.63) is 0 Å². The predicted molar refractivity (Wildman–Crippen MR) is 47.6 cm³/mol. The van der Waals surface area contributed by atoms with Crippen LogP contribution in [0.5, 0.6) is 0 Å². The van der Waals surface area contributed by atoms with Crippen LogP contribution in [0.4, 0.5) is 8.78 Å². The standard InChI is InChI=1S/C8H17F2NO3/c9-8(10)7-14-5-2-11-1-4-13-6-3-12/h8,11-12H,1-7H2. The van der Waals surface area contributed by atoms with E-state index >= 15 is 0 Å². The third kappa shape index (κ3) is 11.7. The van der Waals surface area contributed by atoms with Gasteiger partial charge in [0.15, 0.2) is 0 Å². The molecule has 0 unspecified atom stereocenters. The smallest absolute Gasteiger partial charge is 0.261 e. The Labute approximate surface area is 82.2 Å². The third-order valence-corrected chi connectivity index (χ3v) is 1.33. The largest absolute Gasteiger partial charge is 0.394 e. The first-order chi connectivity index (χ1) is 6.77. The summed E-state index contributed by atoms with van der Waals surface area (Å²) in [5.41, 5.74) is 0. The zero-order chi connectivity index (χ0) is 10.6. The summed E-state index contributed by atoms with van der Waals surface area (Å²) >= 11 is 0. The van der Waals surface area contributed by atoms with Crippen LogP contribution in [0.15, 0.2) is 0 Å². The van der Waals surface area contributed by atoms with Gasteiger partial charge in [-0.05, 0) is 0 Å². The van der Waals surface area contributed by atoms with Crippen LogP contribution in [-0.2, 0) is 9.47 Å². The highest BCUT2D eigenvalue weighted by molar-refractivity contribution is 4.45. The van der Waals surface area contributed by atoms with Crippen LogP contribution in [0, 0.1) is 0 Å². The molecule has 0 bridgehead atoms. The van der Waals surface area contributed by atoms with E-state index in [4.69, 9.17) is 9.84 Å². The van der Waals surface area contributed by atoms with Gasteiger partial charge >= 0.3 is 0 Å². The van der Waals surface area contributed by atoms with Gasteiger partial charge in [0.25, 0.3) is 6.43 Å². The van der Waals surface area contributed by atoms with Crippen molar-refractivity contribution in [3.8, 4) is 0 Å². The Morgan fingerprint density at radius 3 is 2.29 bits per heavy atom. The van der Waals surface area contributed by atoms with E-state index in [9.17, 15) is 8.78 Å². The summed E-state index contributed by atoms with van der Waals surface area (Å²) in [7, 11) is 0. The monoisotopic (exact) mass is 213 g/mol. The van der Waals surface area contributed by atoms with E-state index in [1.54, 1.807) is 0 Å². The van der Waals surface area contributed by atoms with Crippen molar-refractivity contribution in [2.24, 2.45) is 0 Å². The Morgan fingerprint density at radius 1 is 1.07 bits per heavy atom. The van der Waals surface area contributed by atoms with Crippen molar-refractivity contribution in [1.82, 2.24) is 5.32 Å². The lowest BCUT2D eigenvalue weighted by molar-refractivity contribution is 0.0181. The maximum absolute atomic E-state index is 11.6. The molecule has 0 aromatic rings. The second-order valence-corrected chi connectivity index (χ2v) is 2.55. The van der Waals surface area contributed by atoms with Crippen molar-refractivity contribution < 1.29 is 23.4 Å². The quantitative estimate of drug-likeness (QED) is 0.496. The maximum atomic E-state index is 11.6. The number of ether oxygens (including phenoxy) is 2. The van der Waals surface area contributed by atoms with Crippen LogP contribution < -0.4 is 5.32 Å². The number of alkyl halides is 2. The molecule has 0 amide bonds. The van der Waals surface area contributed by atoms with Gasteiger partial charge < -0.3 is 19.9 Å². The molecule has 0 saturated heterocycles. The minimum Gasteiger partial charge on any atom is -0.394 e. The molecule has 0 fully saturated rings. The van der Waals surface area contributed by atoms with E-state index < -0.39 is 13.0 Å². The molecule has 86 valence electrons. The third-order valence-electron chi connectivity index (χ3n) is 1.33. The van der Waals surface area contributed by atoms with Crippen LogP contribution in [0.25, 0.3) is 0 Å². The number of hydrogen-bond donors (Lipinski definition) is 2. The van der Waals surface area contributed by atoms with Crippen molar-refractivity contribution >= 4 is 0 Å². The summed E-state index contributed by atoms with van der Waals surface area (Å²) in [5, 5.41) is 11.3. The van der Waals surface area contributed by atoms with Crippen LogP contribution in [0.1, 0.15) is 0 Å².